The Morgan fingerprint density at radius 3 is 2.25 bits per heavy atom. The molecule has 8 nitrogen and oxygen atoms in total. The van der Waals surface area contributed by atoms with Crippen LogP contribution in [0.1, 0.15) is 76.2 Å². The van der Waals surface area contributed by atoms with Crippen molar-refractivity contribution in [3.05, 3.63) is 131 Å². The summed E-state index contributed by atoms with van der Waals surface area (Å²) in [7, 11) is -3.74. The summed E-state index contributed by atoms with van der Waals surface area (Å²) in [6.07, 6.45) is 21.4. The first-order chi connectivity index (χ1) is 24.6. The number of nitrogens with zero attached hydrogens (tertiary/aromatic N) is 1. The molecule has 0 radical (unpaired) electrons. The summed E-state index contributed by atoms with van der Waals surface area (Å²) in [5, 5.41) is 14.6. The fraction of sp³-hybridized carbons (Fsp3) is 0.350. The van der Waals surface area contributed by atoms with Crippen LogP contribution in [0.3, 0.4) is 0 Å². The number of alkyl halides is 1. The lowest BCUT2D eigenvalue weighted by atomic mass is 10.0. The monoisotopic (exact) mass is 759 g/mol. The van der Waals surface area contributed by atoms with Crippen molar-refractivity contribution in [2.24, 2.45) is 0 Å². The number of hydrogen-bond donors (Lipinski definition) is 3. The molecule has 1 unspecified atom stereocenters. The van der Waals surface area contributed by atoms with Gasteiger partial charge in [-0.2, -0.15) is 0 Å². The van der Waals surface area contributed by atoms with Crippen molar-refractivity contribution < 1.29 is 23.1 Å². The molecule has 3 N–H and O–H groups in total. The van der Waals surface area contributed by atoms with Gasteiger partial charge in [0.2, 0.25) is 10.0 Å². The van der Waals surface area contributed by atoms with Gasteiger partial charge in [0.25, 0.3) is 0 Å². The number of unbranched alkanes of at least 4 members (excludes halogenated alkanes) is 1. The maximum atomic E-state index is 13.5. The molecule has 0 fully saturated rings. The SMILES string of the molecule is C/C=C/C=C/N(CCCC)CC(CC1=CCC=C(Oc2ccc(C(=O)O)cc2)C=C1)NS(=O)(=O)c1ccc(CC)cc1.C=N.CC.Cl/C=C/CCl. The first-order valence-corrected chi connectivity index (χ1v) is 19.5. The number of halogens is 2. The van der Waals surface area contributed by atoms with Crippen molar-refractivity contribution in [2.45, 2.75) is 77.7 Å². The summed E-state index contributed by atoms with van der Waals surface area (Å²) >= 11 is 10.2. The fourth-order valence-corrected chi connectivity index (χ4v) is 5.98. The molecule has 0 spiro atoms. The summed E-state index contributed by atoms with van der Waals surface area (Å²) < 4.78 is 35.9. The van der Waals surface area contributed by atoms with Crippen LogP contribution in [0, 0.1) is 5.41 Å². The number of hydrogen-bond acceptors (Lipinski definition) is 6. The minimum Gasteiger partial charge on any atom is -0.478 e. The molecule has 280 valence electrons. The highest BCUT2D eigenvalue weighted by atomic mass is 35.5. The topological polar surface area (TPSA) is 120 Å². The molecule has 0 saturated heterocycles. The molecule has 0 amide bonds. The Labute approximate surface area is 316 Å². The second kappa shape index (κ2) is 28.8. The molecule has 2 aromatic rings. The number of carboxylic acid groups (broad SMARTS) is 1. The smallest absolute Gasteiger partial charge is 0.335 e. The second-order valence-corrected chi connectivity index (χ2v) is 12.9. The van der Waals surface area contributed by atoms with Gasteiger partial charge in [0.1, 0.15) is 11.5 Å². The normalized spacial score (nSPS) is 13.1. The van der Waals surface area contributed by atoms with Crippen LogP contribution in [0.5, 0.6) is 5.75 Å². The van der Waals surface area contributed by atoms with Gasteiger partial charge in [-0.3, -0.25) is 0 Å². The summed E-state index contributed by atoms with van der Waals surface area (Å²) in [6.45, 7) is 14.0. The number of carbonyl (C=O) groups is 1. The van der Waals surface area contributed by atoms with E-state index in [0.717, 1.165) is 36.9 Å². The Balaban J connectivity index is 0.00000251. The van der Waals surface area contributed by atoms with Crippen LogP contribution >= 0.6 is 23.2 Å². The van der Waals surface area contributed by atoms with Crippen LogP contribution in [0.25, 0.3) is 0 Å². The lowest BCUT2D eigenvalue weighted by Crippen LogP contribution is -2.42. The van der Waals surface area contributed by atoms with Crippen LogP contribution in [0.4, 0.5) is 0 Å². The molecule has 1 atom stereocenters. The third-order valence-corrected chi connectivity index (χ3v) is 8.87. The zero-order valence-corrected chi connectivity index (χ0v) is 32.9. The molecule has 3 rings (SSSR count). The van der Waals surface area contributed by atoms with E-state index >= 15 is 0 Å². The van der Waals surface area contributed by atoms with Crippen LogP contribution in [-0.2, 0) is 16.4 Å². The number of ether oxygens (including phenoxy) is 1. The van der Waals surface area contributed by atoms with E-state index in [9.17, 15) is 13.2 Å². The molecule has 11 heteroatoms. The molecule has 0 heterocycles. The predicted molar refractivity (Wildman–Crippen MR) is 216 cm³/mol. The summed E-state index contributed by atoms with van der Waals surface area (Å²) in [4.78, 5) is 13.6. The number of sulfonamides is 1. The molecular weight excluding hydrogens is 705 g/mol. The molecule has 51 heavy (non-hydrogen) atoms. The van der Waals surface area contributed by atoms with Gasteiger partial charge in [-0.25, -0.2) is 17.9 Å². The average Bonchev–Trinajstić information content (AvgIpc) is 3.37. The van der Waals surface area contributed by atoms with Gasteiger partial charge < -0.3 is 20.2 Å². The highest BCUT2D eigenvalue weighted by Crippen LogP contribution is 2.22. The lowest BCUT2D eigenvalue weighted by molar-refractivity contribution is 0.0697. The van der Waals surface area contributed by atoms with E-state index in [1.54, 1.807) is 30.3 Å². The zero-order valence-electron chi connectivity index (χ0n) is 30.5. The van der Waals surface area contributed by atoms with Crippen LogP contribution in [0.15, 0.2) is 125 Å². The van der Waals surface area contributed by atoms with E-state index in [0.29, 0.717) is 36.8 Å². The highest BCUT2D eigenvalue weighted by Gasteiger charge is 2.22. The number of rotatable bonds is 17. The standard InChI is InChI=1S/C34H42N2O5S.C3H4Cl2.C2H6.CH3N/c1-4-7-9-24-36(23-8-5-2)26-30(35-42(39,40)33-21-14-27(6-3)15-22-33)25-28-11-10-12-31(18-13-28)41-32-19-16-29(17-20-32)34(37)38;4-2-1-3-5;2*1-2/h4,7,9,11-22,24,30,35H,5-6,8,10,23,25-26H2,1-3H3,(H,37,38);1-2H,3H2;1-2H3;2H,1H2/b7-4+,24-9+;2-1+;;. The van der Waals surface area contributed by atoms with Gasteiger partial charge in [0.15, 0.2) is 0 Å². The molecule has 0 saturated carbocycles. The Hall–Kier alpha value is -3.89. The summed E-state index contributed by atoms with van der Waals surface area (Å²) in [5.41, 5.74) is 3.67. The summed E-state index contributed by atoms with van der Waals surface area (Å²) in [6, 6.07) is 12.9. The Morgan fingerprint density at radius 1 is 1.06 bits per heavy atom. The van der Waals surface area contributed by atoms with E-state index in [1.165, 1.54) is 17.7 Å². The maximum absolute atomic E-state index is 13.5. The van der Waals surface area contributed by atoms with Gasteiger partial charge in [-0.15, -0.1) is 11.6 Å². The van der Waals surface area contributed by atoms with E-state index in [-0.39, 0.29) is 16.5 Å². The largest absolute Gasteiger partial charge is 0.478 e. The van der Waals surface area contributed by atoms with E-state index in [1.807, 2.05) is 82.5 Å². The molecule has 0 aromatic heterocycles. The van der Waals surface area contributed by atoms with Crippen LogP contribution in [0.2, 0.25) is 0 Å². The van der Waals surface area contributed by atoms with Gasteiger partial charge in [-0.05, 0) is 111 Å². The number of nitrogens with one attached hydrogen (secondary N) is 2. The molecule has 0 bridgehead atoms. The third kappa shape index (κ3) is 19.9. The Kier molecular flexibility index (Phi) is 26.6. The Bertz CT molecular complexity index is 1550. The van der Waals surface area contributed by atoms with Crippen LogP contribution < -0.4 is 9.46 Å². The van der Waals surface area contributed by atoms with Crippen molar-refractivity contribution >= 4 is 45.9 Å². The zero-order chi connectivity index (χ0) is 38.5. The molecule has 2 aromatic carbocycles. The molecule has 1 aliphatic carbocycles. The quantitative estimate of drug-likeness (QED) is 0.0839. The third-order valence-electron chi connectivity index (χ3n) is 6.98. The Morgan fingerprint density at radius 2 is 1.73 bits per heavy atom. The predicted octanol–water partition coefficient (Wildman–Crippen LogP) is 10.3. The first kappa shape index (κ1) is 47.1. The fourth-order valence-electron chi connectivity index (χ4n) is 4.49. The van der Waals surface area contributed by atoms with Crippen molar-refractivity contribution in [3.8, 4) is 5.75 Å². The number of aryl methyl sites for hydroxylation is 1. The number of aromatic carboxylic acids is 1. The van der Waals surface area contributed by atoms with Crippen molar-refractivity contribution in [2.75, 3.05) is 19.0 Å². The number of carboxylic acids is 1. The van der Waals surface area contributed by atoms with E-state index in [2.05, 4.69) is 29.3 Å². The molecular formula is C40H55Cl2N3O5S. The first-order valence-electron chi connectivity index (χ1n) is 17.0. The van der Waals surface area contributed by atoms with Crippen LogP contribution in [-0.4, -0.2) is 56.1 Å². The van der Waals surface area contributed by atoms with Crippen molar-refractivity contribution in [3.63, 3.8) is 0 Å². The van der Waals surface area contributed by atoms with E-state index in [4.69, 9.17) is 38.5 Å². The average molecular weight is 761 g/mol. The molecule has 0 aliphatic heterocycles. The summed E-state index contributed by atoms with van der Waals surface area (Å²) in [5.74, 6) is 0.691. The number of allylic oxidation sites excluding steroid dienone is 8. The maximum Gasteiger partial charge on any atom is 0.335 e. The highest BCUT2D eigenvalue weighted by molar-refractivity contribution is 7.89. The van der Waals surface area contributed by atoms with Crippen molar-refractivity contribution in [1.29, 1.82) is 5.41 Å². The van der Waals surface area contributed by atoms with Gasteiger partial charge >= 0.3 is 5.97 Å². The molecule has 1 aliphatic rings. The lowest BCUT2D eigenvalue weighted by Gasteiger charge is -2.27. The van der Waals surface area contributed by atoms with Crippen molar-refractivity contribution in [1.82, 2.24) is 9.62 Å². The van der Waals surface area contributed by atoms with Gasteiger partial charge in [0.05, 0.1) is 10.5 Å². The minimum absolute atomic E-state index is 0.194. The van der Waals surface area contributed by atoms with Gasteiger partial charge in [-0.1, -0.05) is 88.2 Å². The minimum atomic E-state index is -3.74. The van der Waals surface area contributed by atoms with Gasteiger partial charge in [0, 0.05) is 30.5 Å². The second-order valence-electron chi connectivity index (χ2n) is 10.6. The number of benzene rings is 2. The van der Waals surface area contributed by atoms with E-state index < -0.39 is 16.0 Å².